The van der Waals surface area contributed by atoms with E-state index in [2.05, 4.69) is 0 Å². The van der Waals surface area contributed by atoms with Crippen molar-refractivity contribution < 1.29 is 39.6 Å². The number of hydrogen-bond donors (Lipinski definition) is 3. The molecule has 6 heteroatoms. The molecule has 3 nitrogen and oxygen atoms in total. The van der Waals surface area contributed by atoms with Gasteiger partial charge in [0.05, 0.1) is 0 Å². The molecule has 0 aliphatic carbocycles. The second-order valence-corrected chi connectivity index (χ2v) is 0.346. The molecule has 0 atom stereocenters. The second kappa shape index (κ2) is 10.3. The number of rotatable bonds is 0. The molecule has 0 heterocycles. The third kappa shape index (κ3) is 34.3. The van der Waals surface area contributed by atoms with Gasteiger partial charge in [-0.25, -0.2) is 0 Å². The fourth-order valence-corrected chi connectivity index (χ4v) is 0. The fourth-order valence-electron chi connectivity index (χ4n) is 0. The molecule has 0 aliphatic heterocycles. The maximum atomic E-state index is 7.17. The van der Waals surface area contributed by atoms with Gasteiger partial charge in [0.2, 0.25) is 0 Å². The number of hydrogen-bond acceptors (Lipinski definition) is 3. The summed E-state index contributed by atoms with van der Waals surface area (Å²) in [5.74, 6) is 0. The van der Waals surface area contributed by atoms with Crippen molar-refractivity contribution in [3.8, 4) is 0 Å². The topological polar surface area (TPSA) is 60.7 Å². The SMILES string of the molecule is OB(O)O.[Ba+2].[H-].[H-].[Ti]. The van der Waals surface area contributed by atoms with Gasteiger partial charge in [0.25, 0.3) is 0 Å². The zero-order chi connectivity index (χ0) is 3.58. The first-order valence-corrected chi connectivity index (χ1v) is 0.775. The van der Waals surface area contributed by atoms with Gasteiger partial charge in [-0.05, 0) is 0 Å². The van der Waals surface area contributed by atoms with Crippen LogP contribution in [0, 0.1) is 0 Å². The van der Waals surface area contributed by atoms with Crippen LogP contribution in [0.3, 0.4) is 0 Å². The van der Waals surface area contributed by atoms with Crippen LogP contribution in [0.15, 0.2) is 0 Å². The quantitative estimate of drug-likeness (QED) is 0.427. The molecular weight excluding hydrogens is 244 g/mol. The third-order valence-electron chi connectivity index (χ3n) is 0. The Hall–Kier alpha value is 2.23. The van der Waals surface area contributed by atoms with E-state index in [0.29, 0.717) is 0 Å². The Bertz CT molecular complexity index is 22.0. The molecule has 0 rings (SSSR count). The molecule has 0 bridgehead atoms. The van der Waals surface area contributed by atoms with Crippen molar-refractivity contribution in [3.05, 3.63) is 0 Å². The molecule has 0 unspecified atom stereocenters. The molecule has 0 saturated carbocycles. The summed E-state index contributed by atoms with van der Waals surface area (Å²) in [4.78, 5) is 0. The molecule has 6 heavy (non-hydrogen) atoms. The molecule has 0 fully saturated rings. The Labute approximate surface area is 94.2 Å². The summed E-state index contributed by atoms with van der Waals surface area (Å²) in [7, 11) is -2.17. The summed E-state index contributed by atoms with van der Waals surface area (Å²) in [6, 6.07) is 0. The van der Waals surface area contributed by atoms with Crippen LogP contribution in [0.5, 0.6) is 0 Å². The van der Waals surface area contributed by atoms with E-state index in [4.69, 9.17) is 15.1 Å². The summed E-state index contributed by atoms with van der Waals surface area (Å²) < 4.78 is 0. The van der Waals surface area contributed by atoms with Crippen LogP contribution >= 0.6 is 0 Å². The van der Waals surface area contributed by atoms with Gasteiger partial charge in [-0.15, -0.1) is 0 Å². The van der Waals surface area contributed by atoms with E-state index in [1.54, 1.807) is 0 Å². The van der Waals surface area contributed by atoms with E-state index in [9.17, 15) is 0 Å². The van der Waals surface area contributed by atoms with Crippen LogP contribution in [0.1, 0.15) is 2.85 Å². The molecular formula is H5BBaO3Ti. The fraction of sp³-hybridized carbons (Fsp3) is 0. The van der Waals surface area contributed by atoms with Crippen molar-refractivity contribution in [2.75, 3.05) is 0 Å². The Morgan fingerprint density at radius 3 is 1.17 bits per heavy atom. The largest absolute Gasteiger partial charge is 2.00 e. The van der Waals surface area contributed by atoms with Crippen LogP contribution in [0.25, 0.3) is 0 Å². The predicted molar refractivity (Wildman–Crippen MR) is 20.4 cm³/mol. The zero-order valence-electron chi connectivity index (χ0n) is 5.13. The smallest absolute Gasteiger partial charge is 1.00 e. The average Bonchev–Trinajstić information content (AvgIpc) is 0.811. The maximum absolute atomic E-state index is 7.17. The molecule has 0 amide bonds. The van der Waals surface area contributed by atoms with Crippen LogP contribution in [0.2, 0.25) is 0 Å². The monoisotopic (exact) mass is 250 g/mol. The maximum Gasteiger partial charge on any atom is 2.00 e. The minimum atomic E-state index is -2.17. The molecule has 0 aliphatic rings. The third-order valence-corrected chi connectivity index (χ3v) is 0. The molecule has 0 aromatic carbocycles. The van der Waals surface area contributed by atoms with Crippen molar-refractivity contribution in [1.29, 1.82) is 0 Å². The van der Waals surface area contributed by atoms with Gasteiger partial charge in [-0.3, -0.25) is 0 Å². The van der Waals surface area contributed by atoms with Crippen LogP contribution in [0.4, 0.5) is 0 Å². The minimum Gasteiger partial charge on any atom is -1.00 e. The minimum absolute atomic E-state index is 0. The molecule has 0 saturated heterocycles. The van der Waals surface area contributed by atoms with Gasteiger partial charge in [0.15, 0.2) is 0 Å². The summed E-state index contributed by atoms with van der Waals surface area (Å²) >= 11 is 0. The normalized spacial score (nSPS) is 4.50. The van der Waals surface area contributed by atoms with Crippen LogP contribution in [-0.4, -0.2) is 71.3 Å². The van der Waals surface area contributed by atoms with E-state index in [0.717, 1.165) is 0 Å². The summed E-state index contributed by atoms with van der Waals surface area (Å²) in [6.07, 6.45) is 0. The van der Waals surface area contributed by atoms with Crippen molar-refractivity contribution in [3.63, 3.8) is 0 Å². The van der Waals surface area contributed by atoms with Crippen LogP contribution < -0.4 is 0 Å². The van der Waals surface area contributed by atoms with Gasteiger partial charge >= 0.3 is 56.2 Å². The first kappa shape index (κ1) is 15.7. The van der Waals surface area contributed by atoms with E-state index in [1.807, 2.05) is 0 Å². The van der Waals surface area contributed by atoms with Gasteiger partial charge < -0.3 is 17.9 Å². The second-order valence-electron chi connectivity index (χ2n) is 0.346. The Kier molecular flexibility index (Phi) is 26.9. The van der Waals surface area contributed by atoms with E-state index in [1.165, 1.54) is 0 Å². The molecule has 0 radical (unpaired) electrons. The average molecular weight is 249 g/mol. The molecule has 0 aromatic rings. The van der Waals surface area contributed by atoms with Gasteiger partial charge in [-0.1, -0.05) is 0 Å². The predicted octanol–water partition coefficient (Wildman–Crippen LogP) is -2.21. The molecule has 32 valence electrons. The van der Waals surface area contributed by atoms with Gasteiger partial charge in [0, 0.05) is 21.7 Å². The van der Waals surface area contributed by atoms with Crippen LogP contribution in [-0.2, 0) is 21.7 Å². The summed E-state index contributed by atoms with van der Waals surface area (Å²) in [5.41, 5.74) is 0. The van der Waals surface area contributed by atoms with E-state index in [-0.39, 0.29) is 73.5 Å². The zero-order valence-corrected chi connectivity index (χ0v) is 9.13. The van der Waals surface area contributed by atoms with Crippen molar-refractivity contribution in [2.45, 2.75) is 0 Å². The molecule has 0 spiro atoms. The summed E-state index contributed by atoms with van der Waals surface area (Å²) in [6.45, 7) is 0. The first-order chi connectivity index (χ1) is 1.73. The Morgan fingerprint density at radius 2 is 1.17 bits per heavy atom. The van der Waals surface area contributed by atoms with Crippen molar-refractivity contribution in [2.24, 2.45) is 0 Å². The molecule has 0 aromatic heterocycles. The van der Waals surface area contributed by atoms with E-state index >= 15 is 0 Å². The molecule has 3 N–H and O–H groups in total. The van der Waals surface area contributed by atoms with E-state index < -0.39 is 7.32 Å². The Balaban J connectivity index is -0.00000000750. The standard InChI is InChI=1S/BH3O3.Ba.Ti.2H/c2-1(3)4;;;;/h2-4H;;;;/q;+2;;2*-1. The van der Waals surface area contributed by atoms with Gasteiger partial charge in [-0.2, -0.15) is 0 Å². The van der Waals surface area contributed by atoms with Crippen molar-refractivity contribution in [1.82, 2.24) is 0 Å². The Morgan fingerprint density at radius 1 is 1.17 bits per heavy atom. The summed E-state index contributed by atoms with van der Waals surface area (Å²) in [5, 5.41) is 21.5. The van der Waals surface area contributed by atoms with Gasteiger partial charge in [0.1, 0.15) is 0 Å². The first-order valence-electron chi connectivity index (χ1n) is 0.775. The van der Waals surface area contributed by atoms with Crippen molar-refractivity contribution >= 4 is 56.2 Å².